The maximum absolute atomic E-state index is 12.6. The minimum Gasteiger partial charge on any atom is -0.349 e. The van der Waals surface area contributed by atoms with Crippen LogP contribution in [0.2, 0.25) is 0 Å². The lowest BCUT2D eigenvalue weighted by molar-refractivity contribution is -0.144. The van der Waals surface area contributed by atoms with Crippen molar-refractivity contribution in [3.05, 3.63) is 47.5 Å². The zero-order valence-corrected chi connectivity index (χ0v) is 20.8. The van der Waals surface area contributed by atoms with Gasteiger partial charge in [-0.1, -0.05) is 44.2 Å². The fourth-order valence-electron chi connectivity index (χ4n) is 5.86. The van der Waals surface area contributed by atoms with Crippen LogP contribution in [0.3, 0.4) is 0 Å². The molecule has 9 heteroatoms. The molecule has 0 saturated carbocycles. The van der Waals surface area contributed by atoms with Crippen molar-refractivity contribution in [1.82, 2.24) is 25.0 Å². The van der Waals surface area contributed by atoms with Gasteiger partial charge in [-0.25, -0.2) is 0 Å². The Labute approximate surface area is 205 Å². The number of benzene rings is 1. The Balaban J connectivity index is 1.41. The smallest absolute Gasteiger partial charge is 0.349 e. The van der Waals surface area contributed by atoms with Gasteiger partial charge in [0, 0.05) is 37.0 Å². The van der Waals surface area contributed by atoms with E-state index in [4.69, 9.17) is 0 Å². The highest BCUT2D eigenvalue weighted by molar-refractivity contribution is 5.76. The van der Waals surface area contributed by atoms with Gasteiger partial charge in [-0.15, -0.1) is 10.2 Å². The van der Waals surface area contributed by atoms with E-state index in [1.807, 2.05) is 37.3 Å². The van der Waals surface area contributed by atoms with E-state index in [9.17, 15) is 18.0 Å². The summed E-state index contributed by atoms with van der Waals surface area (Å²) in [6.07, 6.45) is -0.921. The Morgan fingerprint density at radius 1 is 1.09 bits per heavy atom. The van der Waals surface area contributed by atoms with Crippen LogP contribution in [0.1, 0.15) is 94.0 Å². The number of hydrogen-bond acceptors (Lipinski definition) is 4. The normalized spacial score (nSPS) is 23.6. The van der Waals surface area contributed by atoms with E-state index in [1.54, 1.807) is 0 Å². The molecule has 6 nitrogen and oxygen atoms in total. The largest absolute Gasteiger partial charge is 0.389 e. The molecule has 2 saturated heterocycles. The molecule has 1 N–H and O–H groups in total. The predicted octanol–water partition coefficient (Wildman–Crippen LogP) is 5.47. The topological polar surface area (TPSA) is 63.1 Å². The second-order valence-electron chi connectivity index (χ2n) is 10.3. The number of aryl methyl sites for hydroxylation is 1. The second-order valence-corrected chi connectivity index (χ2v) is 10.3. The Kier molecular flexibility index (Phi) is 7.83. The van der Waals surface area contributed by atoms with E-state index >= 15 is 0 Å². The second kappa shape index (κ2) is 10.7. The quantitative estimate of drug-likeness (QED) is 0.505. The zero-order valence-electron chi connectivity index (χ0n) is 20.8. The minimum absolute atomic E-state index is 0.304. The first-order valence-corrected chi connectivity index (χ1v) is 12.7. The number of nitrogens with one attached hydrogen (secondary N) is 1. The van der Waals surface area contributed by atoms with Crippen LogP contribution in [0.25, 0.3) is 0 Å². The number of carbonyl (C=O) groups excluding carboxylic acids is 1. The molecule has 2 aliphatic heterocycles. The highest BCUT2D eigenvalue weighted by Gasteiger charge is 2.42. The molecule has 1 aromatic carbocycles. The highest BCUT2D eigenvalue weighted by atomic mass is 19.4. The summed E-state index contributed by atoms with van der Waals surface area (Å²) in [5.74, 6) is 1.78. The summed E-state index contributed by atoms with van der Waals surface area (Å²) in [4.78, 5) is 14.9. The number of halogens is 3. The monoisotopic (exact) mass is 491 g/mol. The molecule has 0 aliphatic carbocycles. The standard InChI is InChI=1S/C26H36F3N5O/c1-17(2)25-32-31-18(3)34(25)22-15-20-9-10-21(16-22)33(20)14-12-23(19-7-5-4-6-8-19)30-24(35)11-13-26(27,28)29/h4-8,17,20-23H,9-16H2,1-3H3,(H,30,35)/t20?,21?,22?,23-/m0/s1. The SMILES string of the molecule is Cc1nnc(C(C)C)n1C1CC2CCC(C1)N2CC[C@H](NC(=O)CCC(F)(F)F)c1ccccc1. The fraction of sp³-hybridized carbons (Fsp3) is 0.654. The molecular weight excluding hydrogens is 455 g/mol. The molecular formula is C26H36F3N5O. The zero-order chi connectivity index (χ0) is 25.2. The molecule has 3 heterocycles. The first-order valence-electron chi connectivity index (χ1n) is 12.7. The Morgan fingerprint density at radius 3 is 2.34 bits per heavy atom. The van der Waals surface area contributed by atoms with Crippen molar-refractivity contribution in [1.29, 1.82) is 0 Å². The number of aromatic nitrogens is 3. The van der Waals surface area contributed by atoms with Crippen molar-refractivity contribution >= 4 is 5.91 Å². The predicted molar refractivity (Wildman–Crippen MR) is 128 cm³/mol. The summed E-state index contributed by atoms with van der Waals surface area (Å²) in [6.45, 7) is 7.13. The molecule has 0 radical (unpaired) electrons. The molecule has 1 aromatic heterocycles. The van der Waals surface area contributed by atoms with Crippen molar-refractivity contribution in [2.75, 3.05) is 6.54 Å². The lowest BCUT2D eigenvalue weighted by Crippen LogP contribution is -2.45. The fourth-order valence-corrected chi connectivity index (χ4v) is 5.86. The molecule has 4 rings (SSSR count). The number of piperidine rings is 1. The van der Waals surface area contributed by atoms with Crippen LogP contribution in [0.15, 0.2) is 30.3 Å². The summed E-state index contributed by atoms with van der Waals surface area (Å²) in [5, 5.41) is 11.6. The van der Waals surface area contributed by atoms with Gasteiger partial charge in [0.2, 0.25) is 5.91 Å². The molecule has 2 aromatic rings. The van der Waals surface area contributed by atoms with Gasteiger partial charge in [0.25, 0.3) is 0 Å². The van der Waals surface area contributed by atoms with Crippen molar-refractivity contribution in [2.24, 2.45) is 0 Å². The third-order valence-electron chi connectivity index (χ3n) is 7.48. The van der Waals surface area contributed by atoms with Crippen molar-refractivity contribution in [2.45, 2.75) is 102 Å². The Bertz CT molecular complexity index is 977. The number of amides is 1. The van der Waals surface area contributed by atoms with E-state index in [0.717, 1.165) is 49.4 Å². The van der Waals surface area contributed by atoms with Gasteiger partial charge in [0.15, 0.2) is 0 Å². The van der Waals surface area contributed by atoms with E-state index in [1.165, 1.54) is 0 Å². The van der Waals surface area contributed by atoms with Crippen LogP contribution in [-0.2, 0) is 4.79 Å². The number of rotatable bonds is 9. The maximum Gasteiger partial charge on any atom is 0.389 e. The molecule has 2 unspecified atom stereocenters. The van der Waals surface area contributed by atoms with Crippen LogP contribution in [0.5, 0.6) is 0 Å². The van der Waals surface area contributed by atoms with Gasteiger partial charge in [-0.2, -0.15) is 13.2 Å². The molecule has 2 bridgehead atoms. The summed E-state index contributed by atoms with van der Waals surface area (Å²) < 4.78 is 40.1. The molecule has 3 atom stereocenters. The average molecular weight is 492 g/mol. The van der Waals surface area contributed by atoms with Crippen LogP contribution in [0.4, 0.5) is 13.2 Å². The van der Waals surface area contributed by atoms with Crippen molar-refractivity contribution in [3.8, 4) is 0 Å². The summed E-state index contributed by atoms with van der Waals surface area (Å²) in [7, 11) is 0. The Morgan fingerprint density at radius 2 is 1.74 bits per heavy atom. The maximum atomic E-state index is 12.6. The highest BCUT2D eigenvalue weighted by Crippen LogP contribution is 2.42. The van der Waals surface area contributed by atoms with Gasteiger partial charge < -0.3 is 9.88 Å². The first kappa shape index (κ1) is 25.7. The average Bonchev–Trinajstić information content (AvgIpc) is 3.31. The van der Waals surface area contributed by atoms with Gasteiger partial charge >= 0.3 is 6.18 Å². The molecule has 2 fully saturated rings. The third kappa shape index (κ3) is 6.23. The van der Waals surface area contributed by atoms with Crippen LogP contribution in [0, 0.1) is 6.92 Å². The van der Waals surface area contributed by atoms with Crippen molar-refractivity contribution in [3.63, 3.8) is 0 Å². The first-order chi connectivity index (χ1) is 16.6. The molecule has 2 aliphatic rings. The summed E-state index contributed by atoms with van der Waals surface area (Å²) in [6, 6.07) is 10.5. The van der Waals surface area contributed by atoms with Crippen LogP contribution >= 0.6 is 0 Å². The number of alkyl halides is 3. The summed E-state index contributed by atoms with van der Waals surface area (Å²) in [5.41, 5.74) is 0.928. The molecule has 192 valence electrons. The Hall–Kier alpha value is -2.42. The number of carbonyl (C=O) groups is 1. The minimum atomic E-state index is -4.33. The van der Waals surface area contributed by atoms with Gasteiger partial charge in [-0.05, 0) is 44.6 Å². The summed E-state index contributed by atoms with van der Waals surface area (Å²) >= 11 is 0. The van der Waals surface area contributed by atoms with Crippen LogP contribution < -0.4 is 5.32 Å². The van der Waals surface area contributed by atoms with E-state index < -0.39 is 24.9 Å². The van der Waals surface area contributed by atoms with Gasteiger partial charge in [-0.3, -0.25) is 9.69 Å². The van der Waals surface area contributed by atoms with Crippen LogP contribution in [-0.4, -0.2) is 50.4 Å². The third-order valence-corrected chi connectivity index (χ3v) is 7.48. The number of hydrogen-bond donors (Lipinski definition) is 1. The molecule has 0 spiro atoms. The number of nitrogens with zero attached hydrogens (tertiary/aromatic N) is 4. The van der Waals surface area contributed by atoms with Gasteiger partial charge in [0.05, 0.1) is 12.5 Å². The lowest BCUT2D eigenvalue weighted by atomic mass is 9.95. The van der Waals surface area contributed by atoms with E-state index in [2.05, 4.69) is 38.8 Å². The lowest BCUT2D eigenvalue weighted by Gasteiger charge is -2.40. The van der Waals surface area contributed by atoms with E-state index in [0.29, 0.717) is 30.5 Å². The molecule has 1 amide bonds. The number of fused-ring (bicyclic) bond motifs is 2. The van der Waals surface area contributed by atoms with E-state index in [-0.39, 0.29) is 6.04 Å². The van der Waals surface area contributed by atoms with Crippen molar-refractivity contribution < 1.29 is 18.0 Å². The molecule has 35 heavy (non-hydrogen) atoms. The van der Waals surface area contributed by atoms with Gasteiger partial charge in [0.1, 0.15) is 11.6 Å².